The molecule has 0 amide bonds. The van der Waals surface area contributed by atoms with Gasteiger partial charge in [-0.2, -0.15) is 0 Å². The zero-order chi connectivity index (χ0) is 9.40. The number of ketones is 1. The van der Waals surface area contributed by atoms with Gasteiger partial charge in [-0.15, -0.1) is 0 Å². The maximum absolute atomic E-state index is 11.1. The summed E-state index contributed by atoms with van der Waals surface area (Å²) in [6, 6.07) is 0. The molecule has 0 unspecified atom stereocenters. The molecule has 0 saturated carbocycles. The molecule has 12 heavy (non-hydrogen) atoms. The molecule has 0 aromatic heterocycles. The van der Waals surface area contributed by atoms with Crippen LogP contribution in [0.4, 0.5) is 0 Å². The SMILES string of the molecule is CCOC(OCC)C(=O)COC. The fourth-order valence-corrected chi connectivity index (χ4v) is 0.747. The van der Waals surface area contributed by atoms with E-state index in [9.17, 15) is 4.79 Å². The lowest BCUT2D eigenvalue weighted by Crippen LogP contribution is -2.30. The number of hydrogen-bond donors (Lipinski definition) is 0. The summed E-state index contributed by atoms with van der Waals surface area (Å²) >= 11 is 0. The molecule has 0 aliphatic rings. The molecule has 0 aromatic carbocycles. The van der Waals surface area contributed by atoms with Crippen molar-refractivity contribution in [1.82, 2.24) is 0 Å². The van der Waals surface area contributed by atoms with E-state index in [0.29, 0.717) is 13.2 Å². The van der Waals surface area contributed by atoms with Crippen LogP contribution in [-0.2, 0) is 19.0 Å². The largest absolute Gasteiger partial charge is 0.377 e. The Labute approximate surface area is 72.8 Å². The number of carbonyl (C=O) groups excluding carboxylic acids is 1. The van der Waals surface area contributed by atoms with Crippen molar-refractivity contribution in [2.75, 3.05) is 26.9 Å². The van der Waals surface area contributed by atoms with Crippen LogP contribution in [0.5, 0.6) is 0 Å². The number of Topliss-reactive ketones (excluding diaryl/α,β-unsaturated/α-hetero) is 1. The maximum Gasteiger partial charge on any atom is 0.220 e. The lowest BCUT2D eigenvalue weighted by atomic mass is 10.4. The Morgan fingerprint density at radius 2 is 1.75 bits per heavy atom. The zero-order valence-corrected chi connectivity index (χ0v) is 7.83. The van der Waals surface area contributed by atoms with Gasteiger partial charge in [0, 0.05) is 20.3 Å². The molecule has 0 N–H and O–H groups in total. The molecule has 0 fully saturated rings. The van der Waals surface area contributed by atoms with Crippen LogP contribution < -0.4 is 0 Å². The second-order valence-corrected chi connectivity index (χ2v) is 2.14. The van der Waals surface area contributed by atoms with Gasteiger partial charge in [0.1, 0.15) is 6.61 Å². The van der Waals surface area contributed by atoms with Gasteiger partial charge in [-0.25, -0.2) is 0 Å². The van der Waals surface area contributed by atoms with Gasteiger partial charge in [0.2, 0.25) is 12.1 Å². The summed E-state index contributed by atoms with van der Waals surface area (Å²) in [6.07, 6.45) is -0.764. The van der Waals surface area contributed by atoms with Crippen LogP contribution in [0.3, 0.4) is 0 Å². The lowest BCUT2D eigenvalue weighted by Gasteiger charge is -2.14. The molecule has 0 spiro atoms. The molecule has 0 atom stereocenters. The molecule has 0 aliphatic carbocycles. The quantitative estimate of drug-likeness (QED) is 0.533. The predicted molar refractivity (Wildman–Crippen MR) is 43.9 cm³/mol. The van der Waals surface area contributed by atoms with Crippen molar-refractivity contribution in [2.24, 2.45) is 0 Å². The van der Waals surface area contributed by atoms with E-state index in [2.05, 4.69) is 4.74 Å². The molecular formula is C8H16O4. The number of carbonyl (C=O) groups is 1. The highest BCUT2D eigenvalue weighted by molar-refractivity contribution is 5.83. The van der Waals surface area contributed by atoms with E-state index in [1.165, 1.54) is 7.11 Å². The normalized spacial score (nSPS) is 10.7. The minimum absolute atomic E-state index is 0.0324. The Morgan fingerprint density at radius 1 is 1.25 bits per heavy atom. The van der Waals surface area contributed by atoms with E-state index in [4.69, 9.17) is 9.47 Å². The van der Waals surface area contributed by atoms with Crippen LogP contribution in [0.2, 0.25) is 0 Å². The van der Waals surface area contributed by atoms with Crippen molar-refractivity contribution in [1.29, 1.82) is 0 Å². The van der Waals surface area contributed by atoms with Crippen LogP contribution in [0.25, 0.3) is 0 Å². The third-order valence-electron chi connectivity index (χ3n) is 1.19. The van der Waals surface area contributed by atoms with Crippen molar-refractivity contribution in [2.45, 2.75) is 20.1 Å². The summed E-state index contributed by atoms with van der Waals surface area (Å²) < 4.78 is 14.8. The van der Waals surface area contributed by atoms with Gasteiger partial charge in [0.05, 0.1) is 0 Å². The molecule has 0 rings (SSSR count). The molecule has 0 saturated heterocycles. The van der Waals surface area contributed by atoms with Gasteiger partial charge in [0.25, 0.3) is 0 Å². The second kappa shape index (κ2) is 7.21. The summed E-state index contributed by atoms with van der Waals surface area (Å²) in [5, 5.41) is 0. The number of rotatable bonds is 7. The first-order chi connectivity index (χ1) is 5.76. The maximum atomic E-state index is 11.1. The third kappa shape index (κ3) is 4.43. The average molecular weight is 176 g/mol. The van der Waals surface area contributed by atoms with Crippen LogP contribution in [-0.4, -0.2) is 39.0 Å². The Kier molecular flexibility index (Phi) is 6.94. The minimum atomic E-state index is -0.764. The second-order valence-electron chi connectivity index (χ2n) is 2.14. The van der Waals surface area contributed by atoms with Crippen molar-refractivity contribution in [3.05, 3.63) is 0 Å². The van der Waals surface area contributed by atoms with Gasteiger partial charge >= 0.3 is 0 Å². The number of ether oxygens (including phenoxy) is 3. The molecule has 0 radical (unpaired) electrons. The van der Waals surface area contributed by atoms with Gasteiger partial charge < -0.3 is 14.2 Å². The molecule has 0 aliphatic heterocycles. The first-order valence-corrected chi connectivity index (χ1v) is 4.01. The van der Waals surface area contributed by atoms with Gasteiger partial charge in [-0.05, 0) is 13.8 Å². The molecule has 72 valence electrons. The topological polar surface area (TPSA) is 44.8 Å². The summed E-state index contributed by atoms with van der Waals surface area (Å²) in [5.41, 5.74) is 0. The van der Waals surface area contributed by atoms with Crippen molar-refractivity contribution < 1.29 is 19.0 Å². The lowest BCUT2D eigenvalue weighted by molar-refractivity contribution is -0.171. The smallest absolute Gasteiger partial charge is 0.220 e. The van der Waals surface area contributed by atoms with E-state index >= 15 is 0 Å². The fraction of sp³-hybridized carbons (Fsp3) is 0.875. The Balaban J connectivity index is 3.81. The molecule has 4 heteroatoms. The Morgan fingerprint density at radius 3 is 2.08 bits per heavy atom. The highest BCUT2D eigenvalue weighted by Crippen LogP contribution is 1.97. The summed E-state index contributed by atoms with van der Waals surface area (Å²) in [7, 11) is 1.47. The zero-order valence-electron chi connectivity index (χ0n) is 7.83. The third-order valence-corrected chi connectivity index (χ3v) is 1.19. The van der Waals surface area contributed by atoms with Crippen LogP contribution in [0, 0.1) is 0 Å². The summed E-state index contributed by atoms with van der Waals surface area (Å²) in [5.74, 6) is -0.179. The standard InChI is InChI=1S/C8H16O4/c1-4-11-8(12-5-2)7(9)6-10-3/h8H,4-6H2,1-3H3. The molecular weight excluding hydrogens is 160 g/mol. The molecule has 0 heterocycles. The number of hydrogen-bond acceptors (Lipinski definition) is 4. The fourth-order valence-electron chi connectivity index (χ4n) is 0.747. The van der Waals surface area contributed by atoms with E-state index in [1.54, 1.807) is 0 Å². The Hall–Kier alpha value is -0.450. The highest BCUT2D eigenvalue weighted by atomic mass is 16.7. The van der Waals surface area contributed by atoms with Gasteiger partial charge in [-0.1, -0.05) is 0 Å². The molecule has 0 aromatic rings. The summed E-state index contributed by atoms with van der Waals surface area (Å²) in [4.78, 5) is 11.1. The van der Waals surface area contributed by atoms with Crippen molar-refractivity contribution in [3.63, 3.8) is 0 Å². The predicted octanol–water partition coefficient (Wildman–Crippen LogP) is 0.601. The number of methoxy groups -OCH3 is 1. The Bertz CT molecular complexity index is 118. The van der Waals surface area contributed by atoms with Gasteiger partial charge in [-0.3, -0.25) is 4.79 Å². The van der Waals surface area contributed by atoms with Gasteiger partial charge in [0.15, 0.2) is 0 Å². The van der Waals surface area contributed by atoms with Crippen molar-refractivity contribution in [3.8, 4) is 0 Å². The van der Waals surface area contributed by atoms with Crippen LogP contribution >= 0.6 is 0 Å². The molecule has 4 nitrogen and oxygen atoms in total. The monoisotopic (exact) mass is 176 g/mol. The van der Waals surface area contributed by atoms with Crippen LogP contribution in [0.15, 0.2) is 0 Å². The first kappa shape index (κ1) is 11.6. The van der Waals surface area contributed by atoms with E-state index < -0.39 is 6.29 Å². The van der Waals surface area contributed by atoms with Crippen molar-refractivity contribution >= 4 is 5.78 Å². The minimum Gasteiger partial charge on any atom is -0.377 e. The van der Waals surface area contributed by atoms with E-state index in [-0.39, 0.29) is 12.4 Å². The first-order valence-electron chi connectivity index (χ1n) is 4.01. The van der Waals surface area contributed by atoms with E-state index in [1.807, 2.05) is 13.8 Å². The molecule has 0 bridgehead atoms. The highest BCUT2D eigenvalue weighted by Gasteiger charge is 2.17. The summed E-state index contributed by atoms with van der Waals surface area (Å²) in [6.45, 7) is 4.57. The van der Waals surface area contributed by atoms with E-state index in [0.717, 1.165) is 0 Å². The average Bonchev–Trinajstić information content (AvgIpc) is 2.04. The van der Waals surface area contributed by atoms with Crippen LogP contribution in [0.1, 0.15) is 13.8 Å².